The van der Waals surface area contributed by atoms with Crippen LogP contribution in [0.3, 0.4) is 0 Å². The molecule has 7 heteroatoms. The molecular weight excluding hydrogens is 380 g/mol. The van der Waals surface area contributed by atoms with E-state index < -0.39 is 0 Å². The van der Waals surface area contributed by atoms with E-state index in [0.29, 0.717) is 28.0 Å². The van der Waals surface area contributed by atoms with E-state index in [1.165, 1.54) is 0 Å². The van der Waals surface area contributed by atoms with Crippen molar-refractivity contribution in [1.29, 1.82) is 0 Å². The Hall–Kier alpha value is -2.44. The van der Waals surface area contributed by atoms with Crippen molar-refractivity contribution in [3.63, 3.8) is 0 Å². The van der Waals surface area contributed by atoms with Gasteiger partial charge < -0.3 is 24.4 Å². The molecule has 2 aromatic rings. The quantitative estimate of drug-likeness (QED) is 0.670. The van der Waals surface area contributed by atoms with Crippen LogP contribution in [-0.4, -0.2) is 46.9 Å². The average Bonchev–Trinajstić information content (AvgIpc) is 2.71. The summed E-state index contributed by atoms with van der Waals surface area (Å²) in [6, 6.07) is 10.8. The first-order chi connectivity index (χ1) is 13.4. The second kappa shape index (κ2) is 10.2. The first-order valence-electron chi connectivity index (χ1n) is 9.07. The standard InChI is InChI=1S/C21H27ClN2O4/c1-14(21(25)23-17-13-16(22)7-9-18(17)26-3)24(2)11-10-15-6-8-19(27-4)20(12-15)28-5/h6-9,12-14H,10-11H2,1-5H3,(H,23,25)/p+1/t14-/m0/s1. The molecule has 0 aliphatic carbocycles. The van der Waals surface area contributed by atoms with Crippen LogP contribution < -0.4 is 24.4 Å². The molecule has 0 aliphatic heterocycles. The van der Waals surface area contributed by atoms with E-state index in [0.717, 1.165) is 23.4 Å². The van der Waals surface area contributed by atoms with Gasteiger partial charge in [0.15, 0.2) is 17.5 Å². The highest BCUT2D eigenvalue weighted by atomic mass is 35.5. The third kappa shape index (κ3) is 5.53. The van der Waals surface area contributed by atoms with Gasteiger partial charge in [-0.15, -0.1) is 0 Å². The molecule has 0 radical (unpaired) electrons. The zero-order valence-corrected chi connectivity index (χ0v) is 17.7. The van der Waals surface area contributed by atoms with Crippen LogP contribution >= 0.6 is 11.6 Å². The summed E-state index contributed by atoms with van der Waals surface area (Å²) in [5, 5.41) is 3.45. The molecule has 2 rings (SSSR count). The number of ether oxygens (including phenoxy) is 3. The van der Waals surface area contributed by atoms with Crippen LogP contribution in [0, 0.1) is 0 Å². The third-order valence-corrected chi connectivity index (χ3v) is 5.04. The van der Waals surface area contributed by atoms with Gasteiger partial charge in [-0.1, -0.05) is 17.7 Å². The number of rotatable bonds is 9. The Bertz CT molecular complexity index is 813. The maximum Gasteiger partial charge on any atom is 0.282 e. The van der Waals surface area contributed by atoms with Crippen molar-refractivity contribution >= 4 is 23.2 Å². The number of likely N-dealkylation sites (N-methyl/N-ethyl adjacent to an activating group) is 1. The number of anilines is 1. The van der Waals surface area contributed by atoms with Crippen molar-refractivity contribution in [3.05, 3.63) is 47.0 Å². The lowest BCUT2D eigenvalue weighted by atomic mass is 10.1. The Morgan fingerprint density at radius 2 is 1.68 bits per heavy atom. The van der Waals surface area contributed by atoms with Gasteiger partial charge in [-0.25, -0.2) is 0 Å². The number of nitrogens with one attached hydrogen (secondary N) is 2. The Morgan fingerprint density at radius 3 is 2.32 bits per heavy atom. The van der Waals surface area contributed by atoms with Gasteiger partial charge in [0.2, 0.25) is 0 Å². The molecule has 2 atom stereocenters. The molecule has 152 valence electrons. The highest BCUT2D eigenvalue weighted by Crippen LogP contribution is 2.28. The third-order valence-electron chi connectivity index (χ3n) is 4.81. The highest BCUT2D eigenvalue weighted by Gasteiger charge is 2.23. The Balaban J connectivity index is 1.98. The molecule has 0 heterocycles. The van der Waals surface area contributed by atoms with Crippen molar-refractivity contribution in [2.75, 3.05) is 40.2 Å². The van der Waals surface area contributed by atoms with Crippen molar-refractivity contribution in [2.24, 2.45) is 0 Å². The van der Waals surface area contributed by atoms with E-state index in [2.05, 4.69) is 5.32 Å². The zero-order chi connectivity index (χ0) is 20.7. The summed E-state index contributed by atoms with van der Waals surface area (Å²) in [7, 11) is 6.79. The van der Waals surface area contributed by atoms with Gasteiger partial charge in [-0.3, -0.25) is 4.79 Å². The Kier molecular flexibility index (Phi) is 7.96. The van der Waals surface area contributed by atoms with E-state index in [1.807, 2.05) is 32.2 Å². The number of amides is 1. The first-order valence-corrected chi connectivity index (χ1v) is 9.45. The second-order valence-corrected chi connectivity index (χ2v) is 7.03. The van der Waals surface area contributed by atoms with Crippen LogP contribution in [0.25, 0.3) is 0 Å². The fourth-order valence-electron chi connectivity index (χ4n) is 2.84. The maximum absolute atomic E-state index is 12.7. The molecule has 0 saturated carbocycles. The van der Waals surface area contributed by atoms with Gasteiger partial charge in [0, 0.05) is 11.4 Å². The summed E-state index contributed by atoms with van der Waals surface area (Å²) >= 11 is 6.03. The maximum atomic E-state index is 12.7. The minimum atomic E-state index is -0.246. The lowest BCUT2D eigenvalue weighted by Gasteiger charge is -2.22. The van der Waals surface area contributed by atoms with Crippen LogP contribution in [0.2, 0.25) is 5.02 Å². The molecular formula is C21H28ClN2O4+. The van der Waals surface area contributed by atoms with Gasteiger partial charge in [0.25, 0.3) is 5.91 Å². The van der Waals surface area contributed by atoms with Gasteiger partial charge in [-0.2, -0.15) is 0 Å². The van der Waals surface area contributed by atoms with Crippen molar-refractivity contribution in [3.8, 4) is 17.2 Å². The minimum Gasteiger partial charge on any atom is -0.495 e. The number of halogens is 1. The summed E-state index contributed by atoms with van der Waals surface area (Å²) in [6.45, 7) is 2.69. The lowest BCUT2D eigenvalue weighted by molar-refractivity contribution is -0.893. The first kappa shape index (κ1) is 21.9. The molecule has 0 aromatic heterocycles. The predicted octanol–water partition coefficient (Wildman–Crippen LogP) is 2.45. The Labute approximate surface area is 171 Å². The van der Waals surface area contributed by atoms with Gasteiger partial charge >= 0.3 is 0 Å². The number of quaternary nitrogens is 1. The van der Waals surface area contributed by atoms with Gasteiger partial charge in [-0.05, 0) is 42.8 Å². The van der Waals surface area contributed by atoms with Crippen molar-refractivity contribution in [2.45, 2.75) is 19.4 Å². The molecule has 0 spiro atoms. The van der Waals surface area contributed by atoms with Crippen LogP contribution in [0.15, 0.2) is 36.4 Å². The molecule has 0 saturated heterocycles. The van der Waals surface area contributed by atoms with Crippen LogP contribution in [0.5, 0.6) is 17.2 Å². The van der Waals surface area contributed by atoms with E-state index in [1.54, 1.807) is 39.5 Å². The summed E-state index contributed by atoms with van der Waals surface area (Å²) in [4.78, 5) is 13.8. The van der Waals surface area contributed by atoms with Gasteiger partial charge in [0.05, 0.1) is 40.6 Å². The topological polar surface area (TPSA) is 61.2 Å². The molecule has 6 nitrogen and oxygen atoms in total. The Morgan fingerprint density at radius 1 is 1.04 bits per heavy atom. The number of hydrogen-bond donors (Lipinski definition) is 2. The second-order valence-electron chi connectivity index (χ2n) is 6.59. The van der Waals surface area contributed by atoms with Gasteiger partial charge in [0.1, 0.15) is 5.75 Å². The van der Waals surface area contributed by atoms with Crippen molar-refractivity contribution in [1.82, 2.24) is 0 Å². The van der Waals surface area contributed by atoms with E-state index in [9.17, 15) is 4.79 Å². The van der Waals surface area contributed by atoms with Crippen LogP contribution in [0.1, 0.15) is 12.5 Å². The fourth-order valence-corrected chi connectivity index (χ4v) is 3.01. The number of hydrogen-bond acceptors (Lipinski definition) is 4. The lowest BCUT2D eigenvalue weighted by Crippen LogP contribution is -3.14. The normalized spacial score (nSPS) is 12.8. The molecule has 2 aromatic carbocycles. The smallest absolute Gasteiger partial charge is 0.282 e. The fraction of sp³-hybridized carbons (Fsp3) is 0.381. The highest BCUT2D eigenvalue weighted by molar-refractivity contribution is 6.31. The minimum absolute atomic E-state index is 0.0922. The van der Waals surface area contributed by atoms with Crippen molar-refractivity contribution < 1.29 is 23.9 Å². The monoisotopic (exact) mass is 407 g/mol. The molecule has 0 aliphatic rings. The number of benzene rings is 2. The van der Waals surface area contributed by atoms with E-state index in [-0.39, 0.29) is 11.9 Å². The van der Waals surface area contributed by atoms with E-state index >= 15 is 0 Å². The average molecular weight is 408 g/mol. The van der Waals surface area contributed by atoms with Crippen LogP contribution in [-0.2, 0) is 11.2 Å². The summed E-state index contributed by atoms with van der Waals surface area (Å²) < 4.78 is 15.9. The molecule has 1 unspecified atom stereocenters. The summed E-state index contributed by atoms with van der Waals surface area (Å²) in [5.74, 6) is 1.89. The molecule has 0 bridgehead atoms. The molecule has 2 N–H and O–H groups in total. The molecule has 1 amide bonds. The van der Waals surface area contributed by atoms with E-state index in [4.69, 9.17) is 25.8 Å². The zero-order valence-electron chi connectivity index (χ0n) is 17.0. The number of methoxy groups -OCH3 is 3. The largest absolute Gasteiger partial charge is 0.495 e. The summed E-state index contributed by atoms with van der Waals surface area (Å²) in [6.07, 6.45) is 0.810. The van der Waals surface area contributed by atoms with Crippen LogP contribution in [0.4, 0.5) is 5.69 Å². The predicted molar refractivity (Wildman–Crippen MR) is 111 cm³/mol. The SMILES string of the molecule is COc1ccc(Cl)cc1NC(=O)[C@H](C)[NH+](C)CCc1ccc(OC)c(OC)c1. The number of carbonyl (C=O) groups is 1. The number of carbonyl (C=O) groups excluding carboxylic acids is 1. The molecule has 0 fully saturated rings. The molecule has 28 heavy (non-hydrogen) atoms. The summed E-state index contributed by atoms with van der Waals surface area (Å²) in [5.41, 5.74) is 1.70.